The third-order valence-corrected chi connectivity index (χ3v) is 2.09. The van der Waals surface area contributed by atoms with Gasteiger partial charge in [-0.15, -0.1) is 0 Å². The van der Waals surface area contributed by atoms with Gasteiger partial charge in [-0.3, -0.25) is 9.59 Å². The molecule has 0 saturated carbocycles. The molecule has 4 nitrogen and oxygen atoms in total. The molecule has 0 aromatic carbocycles. The first-order valence-electron chi connectivity index (χ1n) is 4.95. The molecule has 0 spiro atoms. The smallest absolute Gasteiger partial charge is 0.328 e. The molecule has 1 rings (SSSR count). The average molecular weight is 233 g/mol. The van der Waals surface area contributed by atoms with E-state index < -0.39 is 30.8 Å². The molecule has 0 saturated heterocycles. The number of hydrogen-bond donors (Lipinski definition) is 0. The highest BCUT2D eigenvalue weighted by atomic mass is 19.3. The van der Waals surface area contributed by atoms with E-state index in [2.05, 4.69) is 4.74 Å². The summed E-state index contributed by atoms with van der Waals surface area (Å²) in [7, 11) is 0. The Balaban J connectivity index is 2.68. The van der Waals surface area contributed by atoms with Crippen molar-refractivity contribution in [1.82, 2.24) is 4.90 Å². The van der Waals surface area contributed by atoms with Crippen LogP contribution in [0.1, 0.15) is 13.3 Å². The van der Waals surface area contributed by atoms with Crippen molar-refractivity contribution in [2.75, 3.05) is 19.7 Å². The second kappa shape index (κ2) is 5.05. The van der Waals surface area contributed by atoms with Crippen LogP contribution in [0.25, 0.3) is 0 Å². The molecule has 1 heterocycles. The summed E-state index contributed by atoms with van der Waals surface area (Å²) in [4.78, 5) is 23.2. The number of hydrogen-bond acceptors (Lipinski definition) is 3. The van der Waals surface area contributed by atoms with Crippen molar-refractivity contribution < 1.29 is 23.1 Å². The van der Waals surface area contributed by atoms with Crippen molar-refractivity contribution in [3.63, 3.8) is 0 Å². The number of nitrogens with zero attached hydrogens (tertiary/aromatic N) is 1. The highest BCUT2D eigenvalue weighted by Gasteiger charge is 2.42. The summed E-state index contributed by atoms with van der Waals surface area (Å²) in [6.45, 7) is 1.34. The Labute approximate surface area is 91.9 Å². The number of allylic oxidation sites excluding steroid dienone is 1. The summed E-state index contributed by atoms with van der Waals surface area (Å²) in [5, 5.41) is 0. The number of amides is 1. The molecule has 0 N–H and O–H groups in total. The van der Waals surface area contributed by atoms with E-state index in [0.29, 0.717) is 0 Å². The molecule has 0 unspecified atom stereocenters. The fourth-order valence-corrected chi connectivity index (χ4v) is 1.33. The van der Waals surface area contributed by atoms with Crippen LogP contribution in [-0.4, -0.2) is 42.4 Å². The van der Waals surface area contributed by atoms with Crippen LogP contribution in [0.3, 0.4) is 0 Å². The molecule has 0 bridgehead atoms. The van der Waals surface area contributed by atoms with Gasteiger partial charge in [0.2, 0.25) is 0 Å². The summed E-state index contributed by atoms with van der Waals surface area (Å²) in [5.74, 6) is -5.44. The maximum Gasteiger partial charge on any atom is 0.328 e. The molecule has 1 aliphatic rings. The van der Waals surface area contributed by atoms with Crippen molar-refractivity contribution in [2.24, 2.45) is 0 Å². The van der Waals surface area contributed by atoms with Gasteiger partial charge in [-0.1, -0.05) is 12.2 Å². The van der Waals surface area contributed by atoms with Gasteiger partial charge in [0.15, 0.2) is 0 Å². The molecule has 90 valence electrons. The number of halogens is 2. The largest absolute Gasteiger partial charge is 0.465 e. The highest BCUT2D eigenvalue weighted by molar-refractivity contribution is 5.87. The van der Waals surface area contributed by atoms with Crippen molar-refractivity contribution in [1.29, 1.82) is 0 Å². The Morgan fingerprint density at radius 3 is 2.88 bits per heavy atom. The molecule has 6 heteroatoms. The lowest BCUT2D eigenvalue weighted by molar-refractivity contribution is -0.161. The molecule has 1 amide bonds. The van der Waals surface area contributed by atoms with E-state index in [4.69, 9.17) is 0 Å². The molecular weight excluding hydrogens is 220 g/mol. The Morgan fingerprint density at radius 2 is 2.25 bits per heavy atom. The van der Waals surface area contributed by atoms with E-state index in [0.717, 1.165) is 4.90 Å². The number of ether oxygens (including phenoxy) is 1. The number of rotatable bonds is 3. The topological polar surface area (TPSA) is 46.6 Å². The number of carbonyl (C=O) groups is 2. The van der Waals surface area contributed by atoms with Crippen molar-refractivity contribution >= 4 is 11.9 Å². The first-order chi connectivity index (χ1) is 7.47. The van der Waals surface area contributed by atoms with E-state index >= 15 is 0 Å². The lowest BCUT2D eigenvalue weighted by atomic mass is 10.2. The monoisotopic (exact) mass is 233 g/mol. The number of carbonyl (C=O) groups excluding carboxylic acids is 2. The minimum atomic E-state index is -3.43. The van der Waals surface area contributed by atoms with E-state index in [-0.39, 0.29) is 13.2 Å². The first-order valence-corrected chi connectivity index (χ1v) is 4.95. The summed E-state index contributed by atoms with van der Waals surface area (Å²) >= 11 is 0. The van der Waals surface area contributed by atoms with Crippen LogP contribution >= 0.6 is 0 Å². The minimum Gasteiger partial charge on any atom is -0.465 e. The Kier molecular flexibility index (Phi) is 3.98. The maximum atomic E-state index is 13.1. The summed E-state index contributed by atoms with van der Waals surface area (Å²) in [6.07, 6.45) is 2.06. The molecule has 16 heavy (non-hydrogen) atoms. The number of esters is 1. The lowest BCUT2D eigenvalue weighted by Crippen LogP contribution is -2.44. The van der Waals surface area contributed by atoms with Crippen LogP contribution in [0, 0.1) is 0 Å². The van der Waals surface area contributed by atoms with Gasteiger partial charge in [0.05, 0.1) is 6.61 Å². The molecule has 0 aliphatic carbocycles. The van der Waals surface area contributed by atoms with E-state index in [9.17, 15) is 18.4 Å². The predicted octanol–water partition coefficient (Wildman–Crippen LogP) is 0.973. The normalized spacial score (nSPS) is 19.4. The van der Waals surface area contributed by atoms with Gasteiger partial charge in [0, 0.05) is 13.0 Å². The first kappa shape index (κ1) is 12.6. The zero-order valence-corrected chi connectivity index (χ0v) is 8.91. The maximum absolute atomic E-state index is 13.1. The zero-order chi connectivity index (χ0) is 12.2. The molecule has 0 aromatic heterocycles. The fourth-order valence-electron chi connectivity index (χ4n) is 1.33. The molecule has 0 fully saturated rings. The molecular formula is C10H13F2NO3. The highest BCUT2D eigenvalue weighted by Crippen LogP contribution is 2.24. The van der Waals surface area contributed by atoms with E-state index in [1.54, 1.807) is 6.92 Å². The zero-order valence-electron chi connectivity index (χ0n) is 8.91. The molecule has 1 aliphatic heterocycles. The van der Waals surface area contributed by atoms with Crippen LogP contribution in [0.5, 0.6) is 0 Å². The Morgan fingerprint density at radius 1 is 1.56 bits per heavy atom. The Bertz CT molecular complexity index is 315. The summed E-state index contributed by atoms with van der Waals surface area (Å²) in [6, 6.07) is 0. The second-order valence-corrected chi connectivity index (χ2v) is 3.37. The van der Waals surface area contributed by atoms with Gasteiger partial charge < -0.3 is 9.64 Å². The SMILES string of the molecule is CCOC(=O)CN1CC=CCC(F)(F)C1=O. The molecule has 0 radical (unpaired) electrons. The third-order valence-electron chi connectivity index (χ3n) is 2.09. The van der Waals surface area contributed by atoms with Gasteiger partial charge in [0.1, 0.15) is 6.54 Å². The van der Waals surface area contributed by atoms with Crippen molar-refractivity contribution in [2.45, 2.75) is 19.3 Å². The Hall–Kier alpha value is -1.46. The number of alkyl halides is 2. The van der Waals surface area contributed by atoms with Gasteiger partial charge in [-0.05, 0) is 6.92 Å². The van der Waals surface area contributed by atoms with E-state index in [1.165, 1.54) is 12.2 Å². The van der Waals surface area contributed by atoms with Gasteiger partial charge in [-0.2, -0.15) is 8.78 Å². The lowest BCUT2D eigenvalue weighted by Gasteiger charge is -2.22. The van der Waals surface area contributed by atoms with Crippen LogP contribution < -0.4 is 0 Å². The predicted molar refractivity (Wildman–Crippen MR) is 51.9 cm³/mol. The third kappa shape index (κ3) is 3.01. The van der Waals surface area contributed by atoms with E-state index in [1.807, 2.05) is 0 Å². The molecule has 0 aromatic rings. The fraction of sp³-hybridized carbons (Fsp3) is 0.600. The van der Waals surface area contributed by atoms with Crippen molar-refractivity contribution in [3.05, 3.63) is 12.2 Å². The standard InChI is InChI=1S/C10H13F2NO3/c1-2-16-8(14)7-13-6-4-3-5-10(11,12)9(13)15/h3-4H,2,5-7H2,1H3. The quantitative estimate of drug-likeness (QED) is 0.539. The second-order valence-electron chi connectivity index (χ2n) is 3.37. The van der Waals surface area contributed by atoms with Crippen molar-refractivity contribution in [3.8, 4) is 0 Å². The average Bonchev–Trinajstić information content (AvgIpc) is 2.32. The van der Waals surface area contributed by atoms with Crippen LogP contribution in [-0.2, 0) is 14.3 Å². The van der Waals surface area contributed by atoms with Crippen LogP contribution in [0.2, 0.25) is 0 Å². The van der Waals surface area contributed by atoms with Gasteiger partial charge in [-0.25, -0.2) is 0 Å². The van der Waals surface area contributed by atoms with Gasteiger partial charge in [0.25, 0.3) is 5.91 Å². The van der Waals surface area contributed by atoms with Gasteiger partial charge >= 0.3 is 11.9 Å². The van der Waals surface area contributed by atoms with Crippen LogP contribution in [0.4, 0.5) is 8.78 Å². The minimum absolute atomic E-state index is 0.00718. The summed E-state index contributed by atoms with van der Waals surface area (Å²) < 4.78 is 30.9. The summed E-state index contributed by atoms with van der Waals surface area (Å²) in [5.41, 5.74) is 0. The van der Waals surface area contributed by atoms with Crippen LogP contribution in [0.15, 0.2) is 12.2 Å². The molecule has 0 atom stereocenters.